The van der Waals surface area contributed by atoms with Crippen molar-refractivity contribution in [3.05, 3.63) is 71.3 Å². The number of allylic oxidation sites excluding steroid dienone is 3. The predicted molar refractivity (Wildman–Crippen MR) is 181 cm³/mol. The number of carbonyl (C=O) groups excluding carboxylic acids is 2. The second-order valence-electron chi connectivity index (χ2n) is 13.4. The molecule has 1 spiro atoms. The molecule has 0 saturated carbocycles. The zero-order valence-electron chi connectivity index (χ0n) is 27.8. The largest absolute Gasteiger partial charge is 0.497 e. The summed E-state index contributed by atoms with van der Waals surface area (Å²) in [6.45, 7) is 14.3. The Bertz CT molecular complexity index is 1480. The molecule has 0 aromatic heterocycles. The first-order valence-electron chi connectivity index (χ1n) is 16.1. The smallest absolute Gasteiger partial charge is 0.414 e. The van der Waals surface area contributed by atoms with Gasteiger partial charge in [-0.15, -0.1) is 0 Å². The Hall–Kier alpha value is -3.40. The minimum Gasteiger partial charge on any atom is -0.497 e. The number of benzene rings is 2. The van der Waals surface area contributed by atoms with Crippen LogP contribution in [0.15, 0.2) is 65.8 Å². The van der Waals surface area contributed by atoms with Gasteiger partial charge in [-0.05, 0) is 75.9 Å². The second-order valence-corrected chi connectivity index (χ2v) is 18.1. The number of hydrogen-bond donors (Lipinski definition) is 1. The number of aliphatic hydroxyl groups excluding tert-OH is 1. The number of ether oxygens (including phenoxy) is 3. The van der Waals surface area contributed by atoms with Crippen LogP contribution in [0.25, 0.3) is 0 Å². The third-order valence-electron chi connectivity index (χ3n) is 10.0. The Labute approximate surface area is 268 Å². The number of anilines is 2. The molecule has 5 rings (SSSR count). The Morgan fingerprint density at radius 3 is 2.47 bits per heavy atom. The molecule has 0 unspecified atom stereocenters. The first-order valence-corrected chi connectivity index (χ1v) is 19.2. The van der Waals surface area contributed by atoms with E-state index in [0.29, 0.717) is 31.8 Å². The van der Waals surface area contributed by atoms with Gasteiger partial charge in [0.05, 0.1) is 33.5 Å². The van der Waals surface area contributed by atoms with Crippen molar-refractivity contribution >= 4 is 36.6 Å². The van der Waals surface area contributed by atoms with E-state index in [-0.39, 0.29) is 36.2 Å². The average Bonchev–Trinajstić information content (AvgIpc) is 3.64. The number of amides is 2. The van der Waals surface area contributed by atoms with Crippen LogP contribution in [-0.4, -0.2) is 64.7 Å². The van der Waals surface area contributed by atoms with Gasteiger partial charge in [-0.25, -0.2) is 4.79 Å². The van der Waals surface area contributed by atoms with E-state index < -0.39 is 13.7 Å². The molecular formula is C36H48N2O6Si. The zero-order valence-corrected chi connectivity index (χ0v) is 28.8. The first-order chi connectivity index (χ1) is 21.4. The van der Waals surface area contributed by atoms with Gasteiger partial charge in [0.25, 0.3) is 5.91 Å². The van der Waals surface area contributed by atoms with Gasteiger partial charge in [0, 0.05) is 30.3 Å². The van der Waals surface area contributed by atoms with Crippen LogP contribution in [0.1, 0.15) is 52.5 Å². The number of rotatable bonds is 11. The zero-order chi connectivity index (χ0) is 32.5. The molecule has 0 aliphatic carbocycles. The summed E-state index contributed by atoms with van der Waals surface area (Å²) in [6, 6.07) is 14.1. The molecule has 8 nitrogen and oxygen atoms in total. The molecule has 0 bridgehead atoms. The van der Waals surface area contributed by atoms with E-state index >= 15 is 0 Å². The number of hydrogen-bond acceptors (Lipinski definition) is 6. The van der Waals surface area contributed by atoms with Crippen LogP contribution in [0, 0.1) is 5.92 Å². The molecule has 4 atom stereocenters. The number of carbonyl (C=O) groups is 2. The molecule has 2 aromatic carbocycles. The molecular weight excluding hydrogens is 584 g/mol. The summed E-state index contributed by atoms with van der Waals surface area (Å²) in [6.07, 6.45) is 6.01. The lowest BCUT2D eigenvalue weighted by atomic mass is 9.82. The predicted octanol–water partition coefficient (Wildman–Crippen LogP) is 6.29. The summed E-state index contributed by atoms with van der Waals surface area (Å²) in [7, 11) is -0.624. The van der Waals surface area contributed by atoms with Crippen molar-refractivity contribution in [2.45, 2.75) is 77.3 Å². The maximum Gasteiger partial charge on any atom is 0.414 e. The number of fused-ring (bicyclic) bond motifs is 2. The van der Waals surface area contributed by atoms with Crippen LogP contribution in [0.2, 0.25) is 18.6 Å². The molecule has 1 N–H and O–H groups in total. The average molecular weight is 633 g/mol. The molecule has 3 heterocycles. The molecule has 9 heteroatoms. The minimum absolute atomic E-state index is 0.0326. The lowest BCUT2D eigenvalue weighted by Gasteiger charge is -2.37. The standard InChI is InChI=1S/C36H48N2O6Si/c1-24(2)9-8-10-25(3)17-19-38-31-16-11-27(37-20-22-43-35(37)41)23-30(31)36(34(38)40)26(4)33(32(44-36)18-21-39)45(6,7)29-14-12-28(42-5)13-15-29/h9,11-17,23,26,32-33,39H,8,10,18-22H2,1-7H3/b25-17+/t26-,32+,33-,36+/m0/s1. The van der Waals surface area contributed by atoms with Crippen LogP contribution in [0.4, 0.5) is 16.2 Å². The third-order valence-corrected chi connectivity index (χ3v) is 14.4. The van der Waals surface area contributed by atoms with E-state index in [1.165, 1.54) is 16.3 Å². The maximum absolute atomic E-state index is 14.8. The Morgan fingerprint density at radius 2 is 1.84 bits per heavy atom. The van der Waals surface area contributed by atoms with Crippen LogP contribution in [0.5, 0.6) is 5.75 Å². The molecule has 2 fully saturated rings. The van der Waals surface area contributed by atoms with Gasteiger partial charge in [-0.2, -0.15) is 0 Å². The second kappa shape index (κ2) is 13.1. The molecule has 45 heavy (non-hydrogen) atoms. The Kier molecular flexibility index (Phi) is 9.63. The molecule has 3 aliphatic heterocycles. The van der Waals surface area contributed by atoms with Gasteiger partial charge < -0.3 is 24.2 Å². The molecule has 2 saturated heterocycles. The van der Waals surface area contributed by atoms with Crippen LogP contribution < -0.4 is 19.7 Å². The summed E-state index contributed by atoms with van der Waals surface area (Å²) in [4.78, 5) is 30.9. The van der Waals surface area contributed by atoms with E-state index in [1.54, 1.807) is 12.0 Å². The van der Waals surface area contributed by atoms with Crippen molar-refractivity contribution in [3.63, 3.8) is 0 Å². The number of cyclic esters (lactones) is 1. The number of nitrogens with zero attached hydrogens (tertiary/aromatic N) is 2. The summed E-state index contributed by atoms with van der Waals surface area (Å²) in [5.41, 5.74) is 3.62. The topological polar surface area (TPSA) is 88.5 Å². The monoisotopic (exact) mass is 632 g/mol. The van der Waals surface area contributed by atoms with Crippen LogP contribution >= 0.6 is 0 Å². The highest BCUT2D eigenvalue weighted by Gasteiger charge is 2.66. The quantitative estimate of drug-likeness (QED) is 0.232. The van der Waals surface area contributed by atoms with E-state index in [4.69, 9.17) is 14.2 Å². The van der Waals surface area contributed by atoms with Gasteiger partial charge in [-0.1, -0.05) is 60.6 Å². The van der Waals surface area contributed by atoms with E-state index in [9.17, 15) is 14.7 Å². The van der Waals surface area contributed by atoms with E-state index in [1.807, 2.05) is 35.2 Å². The molecule has 242 valence electrons. The lowest BCUT2D eigenvalue weighted by Crippen LogP contribution is -2.52. The van der Waals surface area contributed by atoms with Crippen molar-refractivity contribution in [3.8, 4) is 5.75 Å². The van der Waals surface area contributed by atoms with Crippen molar-refractivity contribution in [1.82, 2.24) is 0 Å². The van der Waals surface area contributed by atoms with E-state index in [0.717, 1.165) is 29.8 Å². The summed E-state index contributed by atoms with van der Waals surface area (Å²) in [5, 5.41) is 11.4. The molecule has 2 aromatic rings. The van der Waals surface area contributed by atoms with Gasteiger partial charge >= 0.3 is 6.09 Å². The maximum atomic E-state index is 14.8. The first kappa shape index (κ1) is 33.0. The highest BCUT2D eigenvalue weighted by atomic mass is 28.3. The highest BCUT2D eigenvalue weighted by molar-refractivity contribution is 6.91. The summed E-state index contributed by atoms with van der Waals surface area (Å²) in [5.74, 6) is 0.539. The van der Waals surface area contributed by atoms with E-state index in [2.05, 4.69) is 65.1 Å². The summed E-state index contributed by atoms with van der Waals surface area (Å²) >= 11 is 0. The molecule has 3 aliphatic rings. The minimum atomic E-state index is -2.29. The van der Waals surface area contributed by atoms with Gasteiger partial charge in [0.2, 0.25) is 0 Å². The fraction of sp³-hybridized carbons (Fsp3) is 0.500. The number of methoxy groups -OCH3 is 1. The van der Waals surface area contributed by atoms with Crippen molar-refractivity contribution in [2.75, 3.05) is 43.2 Å². The van der Waals surface area contributed by atoms with Gasteiger partial charge in [-0.3, -0.25) is 9.69 Å². The van der Waals surface area contributed by atoms with Crippen molar-refractivity contribution < 1.29 is 28.9 Å². The molecule has 0 radical (unpaired) electrons. The normalized spacial score (nSPS) is 24.8. The third kappa shape index (κ3) is 5.98. The van der Waals surface area contributed by atoms with Crippen LogP contribution in [-0.2, 0) is 19.9 Å². The van der Waals surface area contributed by atoms with Crippen molar-refractivity contribution in [2.24, 2.45) is 5.92 Å². The Morgan fingerprint density at radius 1 is 1.11 bits per heavy atom. The van der Waals surface area contributed by atoms with Gasteiger partial charge in [0.15, 0.2) is 5.60 Å². The summed E-state index contributed by atoms with van der Waals surface area (Å²) < 4.78 is 17.7. The lowest BCUT2D eigenvalue weighted by molar-refractivity contribution is -0.146. The highest BCUT2D eigenvalue weighted by Crippen LogP contribution is 2.60. The van der Waals surface area contributed by atoms with Crippen LogP contribution in [0.3, 0.4) is 0 Å². The van der Waals surface area contributed by atoms with Crippen molar-refractivity contribution in [1.29, 1.82) is 0 Å². The fourth-order valence-corrected chi connectivity index (χ4v) is 11.7. The fourth-order valence-electron chi connectivity index (χ4n) is 7.61. The SMILES string of the molecule is COc1ccc([Si](C)(C)[C@@H]2[C@@H](CCO)O[C@]3(C(=O)N(C/C=C(\C)CCC=C(C)C)c4ccc(N5CCOC5=O)cc43)[C@H]2C)cc1. The van der Waals surface area contributed by atoms with Gasteiger partial charge in [0.1, 0.15) is 12.4 Å². The number of aliphatic hydroxyl groups is 1. The molecule has 2 amide bonds. The Balaban J connectivity index is 1.58.